The molecule has 102 valence electrons. The highest BCUT2D eigenvalue weighted by molar-refractivity contribution is 4.74. The molecule has 1 fully saturated rings. The third kappa shape index (κ3) is 6.42. The molecule has 1 N–H and O–H groups in total. The summed E-state index contributed by atoms with van der Waals surface area (Å²) in [5, 5.41) is 3.27. The molecule has 2 nitrogen and oxygen atoms in total. The van der Waals surface area contributed by atoms with Gasteiger partial charge in [0.2, 0.25) is 0 Å². The number of nitrogens with one attached hydrogen (secondary N) is 1. The zero-order valence-electron chi connectivity index (χ0n) is 12.2. The molecule has 0 amide bonds. The number of piperidine rings is 1. The lowest BCUT2D eigenvalue weighted by Gasteiger charge is -2.33. The van der Waals surface area contributed by atoms with Crippen molar-refractivity contribution in [3.8, 4) is 0 Å². The monoisotopic (exact) mass is 240 g/mol. The van der Waals surface area contributed by atoms with Gasteiger partial charge in [-0.3, -0.25) is 0 Å². The average molecular weight is 240 g/mol. The van der Waals surface area contributed by atoms with Gasteiger partial charge < -0.3 is 10.2 Å². The number of hydrogen-bond donors (Lipinski definition) is 1. The Kier molecular flexibility index (Phi) is 7.87. The van der Waals surface area contributed by atoms with Crippen LogP contribution in [0.1, 0.15) is 52.4 Å². The van der Waals surface area contributed by atoms with Crippen LogP contribution in [0.2, 0.25) is 0 Å². The quantitative estimate of drug-likeness (QED) is 0.701. The average Bonchev–Trinajstić information content (AvgIpc) is 2.35. The predicted molar refractivity (Wildman–Crippen MR) is 76.4 cm³/mol. The lowest BCUT2D eigenvalue weighted by molar-refractivity contribution is 0.157. The molecular weight excluding hydrogens is 208 g/mol. The Morgan fingerprint density at radius 3 is 2.59 bits per heavy atom. The Bertz CT molecular complexity index is 174. The molecule has 1 rings (SSSR count). The molecule has 0 radical (unpaired) electrons. The van der Waals surface area contributed by atoms with Crippen molar-refractivity contribution >= 4 is 0 Å². The maximum Gasteiger partial charge on any atom is 0.000702 e. The first-order valence-corrected chi connectivity index (χ1v) is 7.63. The number of hydrogen-bond acceptors (Lipinski definition) is 2. The summed E-state index contributed by atoms with van der Waals surface area (Å²) in [6, 6.07) is 0. The van der Waals surface area contributed by atoms with E-state index in [4.69, 9.17) is 0 Å². The minimum atomic E-state index is 0.892. The molecule has 0 saturated carbocycles. The SMILES string of the molecule is CCCCC(C)CN1CCC(CCNC)CC1. The molecule has 0 bridgehead atoms. The first kappa shape index (κ1) is 15.0. The van der Waals surface area contributed by atoms with Crippen LogP contribution in [0.3, 0.4) is 0 Å². The van der Waals surface area contributed by atoms with Crippen molar-refractivity contribution in [3.05, 3.63) is 0 Å². The fourth-order valence-electron chi connectivity index (χ4n) is 2.89. The lowest BCUT2D eigenvalue weighted by atomic mass is 9.92. The van der Waals surface area contributed by atoms with Gasteiger partial charge in [0.15, 0.2) is 0 Å². The van der Waals surface area contributed by atoms with Crippen LogP contribution in [-0.2, 0) is 0 Å². The summed E-state index contributed by atoms with van der Waals surface area (Å²) in [6.45, 7) is 9.91. The number of rotatable bonds is 8. The highest BCUT2D eigenvalue weighted by Gasteiger charge is 2.19. The fraction of sp³-hybridized carbons (Fsp3) is 1.00. The van der Waals surface area contributed by atoms with Gasteiger partial charge in [-0.25, -0.2) is 0 Å². The Morgan fingerprint density at radius 1 is 1.29 bits per heavy atom. The van der Waals surface area contributed by atoms with Crippen LogP contribution in [0.15, 0.2) is 0 Å². The van der Waals surface area contributed by atoms with Crippen molar-refractivity contribution in [1.82, 2.24) is 10.2 Å². The Balaban J connectivity index is 2.09. The van der Waals surface area contributed by atoms with Crippen molar-refractivity contribution in [3.63, 3.8) is 0 Å². The van der Waals surface area contributed by atoms with Crippen molar-refractivity contribution in [2.45, 2.75) is 52.4 Å². The van der Waals surface area contributed by atoms with Crippen LogP contribution in [-0.4, -0.2) is 38.1 Å². The van der Waals surface area contributed by atoms with Gasteiger partial charge in [0.25, 0.3) is 0 Å². The predicted octanol–water partition coefficient (Wildman–Crippen LogP) is 3.13. The molecule has 1 aliphatic rings. The van der Waals surface area contributed by atoms with E-state index in [9.17, 15) is 0 Å². The van der Waals surface area contributed by atoms with Crippen LogP contribution in [0.25, 0.3) is 0 Å². The largest absolute Gasteiger partial charge is 0.320 e. The molecule has 1 heterocycles. The van der Waals surface area contributed by atoms with Gasteiger partial charge >= 0.3 is 0 Å². The van der Waals surface area contributed by atoms with E-state index in [2.05, 4.69) is 31.1 Å². The molecule has 0 aromatic heterocycles. The second-order valence-corrected chi connectivity index (χ2v) is 5.88. The topological polar surface area (TPSA) is 15.3 Å². The Morgan fingerprint density at radius 2 is 2.00 bits per heavy atom. The van der Waals surface area contributed by atoms with E-state index >= 15 is 0 Å². The normalized spacial score (nSPS) is 20.6. The van der Waals surface area contributed by atoms with E-state index in [0.29, 0.717) is 0 Å². The third-order valence-corrected chi connectivity index (χ3v) is 4.13. The van der Waals surface area contributed by atoms with E-state index in [1.54, 1.807) is 0 Å². The molecule has 0 aromatic carbocycles. The summed E-state index contributed by atoms with van der Waals surface area (Å²) in [5.74, 6) is 1.87. The number of nitrogens with zero attached hydrogens (tertiary/aromatic N) is 1. The molecule has 1 atom stereocenters. The second-order valence-electron chi connectivity index (χ2n) is 5.88. The van der Waals surface area contributed by atoms with Gasteiger partial charge in [0, 0.05) is 6.54 Å². The molecule has 0 aromatic rings. The lowest BCUT2D eigenvalue weighted by Crippen LogP contribution is -2.37. The second kappa shape index (κ2) is 8.93. The van der Waals surface area contributed by atoms with Crippen LogP contribution < -0.4 is 5.32 Å². The smallest absolute Gasteiger partial charge is 0.000702 e. The van der Waals surface area contributed by atoms with Gasteiger partial charge in [0.05, 0.1) is 0 Å². The highest BCUT2D eigenvalue weighted by atomic mass is 15.1. The summed E-state index contributed by atoms with van der Waals surface area (Å²) in [5.41, 5.74) is 0. The molecule has 1 aliphatic heterocycles. The Hall–Kier alpha value is -0.0800. The van der Waals surface area contributed by atoms with Crippen LogP contribution in [0.5, 0.6) is 0 Å². The van der Waals surface area contributed by atoms with Crippen molar-refractivity contribution in [2.75, 3.05) is 33.2 Å². The highest BCUT2D eigenvalue weighted by Crippen LogP contribution is 2.21. The molecule has 0 spiro atoms. The molecule has 0 aliphatic carbocycles. The van der Waals surface area contributed by atoms with Crippen molar-refractivity contribution in [2.24, 2.45) is 11.8 Å². The number of unbranched alkanes of at least 4 members (excludes halogenated alkanes) is 1. The Labute approximate surface area is 108 Å². The van der Waals surface area contributed by atoms with Crippen molar-refractivity contribution in [1.29, 1.82) is 0 Å². The van der Waals surface area contributed by atoms with Gasteiger partial charge in [-0.05, 0) is 64.2 Å². The minimum Gasteiger partial charge on any atom is -0.320 e. The van der Waals surface area contributed by atoms with E-state index in [1.807, 2.05) is 0 Å². The number of likely N-dealkylation sites (tertiary alicyclic amines) is 1. The van der Waals surface area contributed by atoms with Crippen LogP contribution in [0, 0.1) is 11.8 Å². The molecule has 1 saturated heterocycles. The maximum absolute atomic E-state index is 3.27. The van der Waals surface area contributed by atoms with E-state index in [-0.39, 0.29) is 0 Å². The van der Waals surface area contributed by atoms with Gasteiger partial charge in [-0.2, -0.15) is 0 Å². The standard InChI is InChI=1S/C15H32N2/c1-4-5-6-14(2)13-17-11-8-15(9-12-17)7-10-16-3/h14-16H,4-13H2,1-3H3. The van der Waals surface area contributed by atoms with Crippen LogP contribution in [0.4, 0.5) is 0 Å². The summed E-state index contributed by atoms with van der Waals surface area (Å²) in [7, 11) is 2.06. The third-order valence-electron chi connectivity index (χ3n) is 4.13. The molecular formula is C15H32N2. The summed E-state index contributed by atoms with van der Waals surface area (Å²) >= 11 is 0. The fourth-order valence-corrected chi connectivity index (χ4v) is 2.89. The summed E-state index contributed by atoms with van der Waals surface area (Å²) < 4.78 is 0. The van der Waals surface area contributed by atoms with Gasteiger partial charge in [-0.15, -0.1) is 0 Å². The van der Waals surface area contributed by atoms with E-state index in [0.717, 1.165) is 11.8 Å². The zero-order valence-corrected chi connectivity index (χ0v) is 12.2. The van der Waals surface area contributed by atoms with E-state index in [1.165, 1.54) is 64.7 Å². The van der Waals surface area contributed by atoms with Crippen molar-refractivity contribution < 1.29 is 0 Å². The van der Waals surface area contributed by atoms with Crippen LogP contribution >= 0.6 is 0 Å². The molecule has 1 unspecified atom stereocenters. The zero-order chi connectivity index (χ0) is 12.5. The summed E-state index contributed by atoms with van der Waals surface area (Å²) in [6.07, 6.45) is 8.37. The van der Waals surface area contributed by atoms with E-state index < -0.39 is 0 Å². The summed E-state index contributed by atoms with van der Waals surface area (Å²) in [4.78, 5) is 2.69. The molecule has 17 heavy (non-hydrogen) atoms. The minimum absolute atomic E-state index is 0.892. The first-order valence-electron chi connectivity index (χ1n) is 7.63. The maximum atomic E-state index is 3.27. The van der Waals surface area contributed by atoms with Gasteiger partial charge in [0.1, 0.15) is 0 Å². The molecule has 2 heteroatoms. The van der Waals surface area contributed by atoms with Gasteiger partial charge in [-0.1, -0.05) is 26.7 Å². The first-order chi connectivity index (χ1) is 8.26.